The Bertz CT molecular complexity index is 1890. The lowest BCUT2D eigenvalue weighted by Gasteiger charge is -2.39. The van der Waals surface area contributed by atoms with Crippen molar-refractivity contribution in [3.8, 4) is 5.75 Å². The number of aromatic amines is 1. The minimum absolute atomic E-state index is 0.0432. The fourth-order valence-corrected chi connectivity index (χ4v) is 11.7. The molecule has 5 atom stereocenters. The third-order valence-corrected chi connectivity index (χ3v) is 19.3. The van der Waals surface area contributed by atoms with Crippen molar-refractivity contribution >= 4 is 47.9 Å². The van der Waals surface area contributed by atoms with E-state index in [-0.39, 0.29) is 28.6 Å². The number of aromatic nitrogens is 1. The van der Waals surface area contributed by atoms with Gasteiger partial charge in [0.15, 0.2) is 8.32 Å². The van der Waals surface area contributed by atoms with E-state index in [9.17, 15) is 19.8 Å². The van der Waals surface area contributed by atoms with Gasteiger partial charge in [-0.2, -0.15) is 0 Å². The first kappa shape index (κ1) is 42.8. The van der Waals surface area contributed by atoms with Gasteiger partial charge in [-0.3, -0.25) is 4.79 Å². The number of ether oxygens (including phenoxy) is 1. The van der Waals surface area contributed by atoms with E-state index in [0.29, 0.717) is 39.7 Å². The summed E-state index contributed by atoms with van der Waals surface area (Å²) in [6, 6.07) is 14.7. The van der Waals surface area contributed by atoms with Crippen molar-refractivity contribution < 1.29 is 24.2 Å². The molecule has 1 aromatic carbocycles. The zero-order valence-corrected chi connectivity index (χ0v) is 36.8. The molecular formula is C44H63N3O6S2Si. The summed E-state index contributed by atoms with van der Waals surface area (Å²) in [6.07, 6.45) is 11.2. The van der Waals surface area contributed by atoms with Crippen molar-refractivity contribution in [1.29, 1.82) is 0 Å². The molecule has 0 aliphatic heterocycles. The Kier molecular flexibility index (Phi) is 14.0. The molecule has 2 aliphatic rings. The predicted octanol–water partition coefficient (Wildman–Crippen LogP) is 9.32. The van der Waals surface area contributed by atoms with Crippen LogP contribution in [0.15, 0.2) is 64.1 Å². The number of carbonyl (C=O) groups is 1. The summed E-state index contributed by atoms with van der Waals surface area (Å²) in [7, 11) is 0.129. The van der Waals surface area contributed by atoms with Crippen molar-refractivity contribution in [3.05, 3.63) is 85.0 Å². The largest absolute Gasteiger partial charge is 0.506 e. The van der Waals surface area contributed by atoms with Crippen LogP contribution in [-0.2, 0) is 19.6 Å². The Morgan fingerprint density at radius 1 is 0.964 bits per heavy atom. The predicted molar refractivity (Wildman–Crippen MR) is 231 cm³/mol. The zero-order valence-electron chi connectivity index (χ0n) is 34.1. The van der Waals surface area contributed by atoms with E-state index in [1.54, 1.807) is 12.1 Å². The zero-order chi connectivity index (χ0) is 40.1. The van der Waals surface area contributed by atoms with Gasteiger partial charge in [0.1, 0.15) is 11.9 Å². The fraction of sp³-hybridized carbons (Fsp3) is 0.591. The normalized spacial score (nSPS) is 20.6. The molecule has 2 saturated carbocycles. The van der Waals surface area contributed by atoms with Crippen LogP contribution in [0.4, 0.5) is 0 Å². The van der Waals surface area contributed by atoms with E-state index in [4.69, 9.17) is 9.16 Å². The van der Waals surface area contributed by atoms with Crippen LogP contribution in [-0.4, -0.2) is 73.2 Å². The maximum absolute atomic E-state index is 13.7. The lowest BCUT2D eigenvalue weighted by Crippen LogP contribution is -2.43. The molecule has 0 spiro atoms. The number of thiophene rings is 2. The van der Waals surface area contributed by atoms with E-state index < -0.39 is 19.9 Å². The molecule has 6 rings (SSSR count). The lowest BCUT2D eigenvalue weighted by atomic mass is 9.96. The fourth-order valence-electron chi connectivity index (χ4n) is 8.73. The number of rotatable bonds is 20. The number of hydrogen-bond donors (Lipinski definition) is 4. The number of hydrogen-bond acceptors (Lipinski definition) is 10. The average molecular weight is 822 g/mol. The quantitative estimate of drug-likeness (QED) is 0.0395. The number of fused-ring (bicyclic) bond motifs is 3. The van der Waals surface area contributed by atoms with Crippen LogP contribution in [0, 0.1) is 11.8 Å². The molecule has 306 valence electrons. The Balaban J connectivity index is 0.897. The second kappa shape index (κ2) is 18.4. The molecule has 2 bridgehead atoms. The van der Waals surface area contributed by atoms with Gasteiger partial charge in [0.2, 0.25) is 11.2 Å². The Morgan fingerprint density at radius 3 is 2.27 bits per heavy atom. The van der Waals surface area contributed by atoms with Gasteiger partial charge in [0.25, 0.3) is 0 Å². The van der Waals surface area contributed by atoms with Crippen LogP contribution in [0.25, 0.3) is 10.9 Å². The smallest absolute Gasteiger partial charge is 0.349 e. The molecule has 0 radical (unpaired) electrons. The Labute approximate surface area is 342 Å². The number of nitrogens with zero attached hydrogens (tertiary/aromatic N) is 1. The first-order valence-corrected chi connectivity index (χ1v) is 25.3. The van der Waals surface area contributed by atoms with Crippen molar-refractivity contribution in [2.24, 2.45) is 11.8 Å². The standard InChI is InChI=1S/C44H63N3O6S2Si/c1-43(2,3)56(5,6)53-36(31-20-22-34(48)40-32(31)21-23-39(49)46-40)29-45-24-12-10-8-7-9-11-13-25-47(4)41-30-18-19-33(41)35(28-30)52-42(50)44(51,37-16-14-26-54-37)38-17-15-27-55-38/h14-17,20-23,26-27,30,33,35-36,41,45,48,51H,7-13,18-19,24-25,28-29H2,1-6H3,(H,46,49)/t30-,33+,35+,36-,41-/m0/s1. The van der Waals surface area contributed by atoms with E-state index in [0.717, 1.165) is 43.3 Å². The molecule has 56 heavy (non-hydrogen) atoms. The highest BCUT2D eigenvalue weighted by Crippen LogP contribution is 2.49. The number of aromatic hydroxyl groups is 1. The minimum Gasteiger partial charge on any atom is -0.506 e. The highest BCUT2D eigenvalue weighted by Gasteiger charge is 2.53. The van der Waals surface area contributed by atoms with Crippen LogP contribution in [0.2, 0.25) is 18.1 Å². The third-order valence-electron chi connectivity index (χ3n) is 12.8. The molecule has 9 nitrogen and oxygen atoms in total. The summed E-state index contributed by atoms with van der Waals surface area (Å²) >= 11 is 2.77. The molecule has 4 N–H and O–H groups in total. The first-order chi connectivity index (χ1) is 26.7. The lowest BCUT2D eigenvalue weighted by molar-refractivity contribution is -0.170. The van der Waals surface area contributed by atoms with Crippen LogP contribution in [0.3, 0.4) is 0 Å². The number of carbonyl (C=O) groups excluding carboxylic acids is 1. The van der Waals surface area contributed by atoms with Gasteiger partial charge >= 0.3 is 5.97 Å². The number of H-pyrrole nitrogens is 1. The number of aliphatic hydroxyl groups is 1. The number of unbranched alkanes of at least 4 members (excludes halogenated alkanes) is 6. The molecule has 0 amide bonds. The number of phenols is 1. The van der Waals surface area contributed by atoms with Crippen molar-refractivity contribution in [1.82, 2.24) is 15.2 Å². The second-order valence-corrected chi connectivity index (χ2v) is 24.3. The molecule has 0 unspecified atom stereocenters. The SMILES string of the molecule is CN(CCCCCCCCCNC[C@H](O[Si](C)(C)C(C)(C)C)c1ccc(O)c2[nH]c(=O)ccc12)[C@H]1[C@H]2CC[C@@H]1[C@H](OC(=O)C(O)(c1cccs1)c1cccs1)C2. The third kappa shape index (κ3) is 9.54. The number of phenolic OH excluding ortho intramolecular Hbond substituents is 1. The highest BCUT2D eigenvalue weighted by molar-refractivity contribution is 7.12. The van der Waals surface area contributed by atoms with Gasteiger partial charge in [-0.1, -0.05) is 71.1 Å². The van der Waals surface area contributed by atoms with E-state index in [1.807, 2.05) is 41.1 Å². The van der Waals surface area contributed by atoms with E-state index in [1.165, 1.54) is 73.7 Å². The van der Waals surface area contributed by atoms with Crippen molar-refractivity contribution in [3.63, 3.8) is 0 Å². The molecule has 0 saturated heterocycles. The summed E-state index contributed by atoms with van der Waals surface area (Å²) in [5.41, 5.74) is -0.551. The van der Waals surface area contributed by atoms with Crippen LogP contribution < -0.4 is 10.9 Å². The summed E-state index contributed by atoms with van der Waals surface area (Å²) in [5, 5.41) is 30.5. The van der Waals surface area contributed by atoms with E-state index in [2.05, 4.69) is 56.1 Å². The van der Waals surface area contributed by atoms with Crippen LogP contribution >= 0.6 is 22.7 Å². The minimum atomic E-state index is -2.11. The molecule has 3 heterocycles. The highest BCUT2D eigenvalue weighted by atomic mass is 32.1. The average Bonchev–Trinajstić information content (AvgIpc) is 3.99. The van der Waals surface area contributed by atoms with Crippen LogP contribution in [0.1, 0.15) is 106 Å². The second-order valence-electron chi connectivity index (χ2n) is 17.6. The molecule has 12 heteroatoms. The Morgan fingerprint density at radius 2 is 1.62 bits per heavy atom. The molecule has 4 aromatic rings. The maximum Gasteiger partial charge on any atom is 0.349 e. The van der Waals surface area contributed by atoms with Gasteiger partial charge < -0.3 is 34.6 Å². The van der Waals surface area contributed by atoms with Gasteiger partial charge in [-0.05, 0) is 117 Å². The summed E-state index contributed by atoms with van der Waals surface area (Å²) in [4.78, 5) is 32.2. The molecule has 3 aromatic heterocycles. The molecule has 2 fully saturated rings. The maximum atomic E-state index is 13.7. The first-order valence-electron chi connectivity index (χ1n) is 20.7. The van der Waals surface area contributed by atoms with E-state index >= 15 is 0 Å². The van der Waals surface area contributed by atoms with Crippen molar-refractivity contribution in [2.45, 2.75) is 127 Å². The van der Waals surface area contributed by atoms with Gasteiger partial charge in [-0.15, -0.1) is 22.7 Å². The van der Waals surface area contributed by atoms with Gasteiger partial charge in [0, 0.05) is 30.0 Å². The number of nitrogens with one attached hydrogen (secondary N) is 2. The summed E-state index contributed by atoms with van der Waals surface area (Å²) in [6.45, 7) is 13.9. The summed E-state index contributed by atoms with van der Waals surface area (Å²) < 4.78 is 13.1. The van der Waals surface area contributed by atoms with Gasteiger partial charge in [-0.25, -0.2) is 4.79 Å². The van der Waals surface area contributed by atoms with Gasteiger partial charge in [0.05, 0.1) is 21.4 Å². The van der Waals surface area contributed by atoms with Crippen LogP contribution in [0.5, 0.6) is 5.75 Å². The topological polar surface area (TPSA) is 124 Å². The summed E-state index contributed by atoms with van der Waals surface area (Å²) in [5.74, 6) is 0.377. The Hall–Kier alpha value is -2.84. The monoisotopic (exact) mass is 821 g/mol. The number of benzene rings is 1. The number of pyridine rings is 1. The number of esters is 1. The molecular weight excluding hydrogens is 759 g/mol. The molecule has 2 aliphatic carbocycles. The van der Waals surface area contributed by atoms with Crippen molar-refractivity contribution in [2.75, 3.05) is 26.7 Å².